The van der Waals surface area contributed by atoms with Gasteiger partial charge in [0.1, 0.15) is 11.8 Å². The number of rotatable bonds is 5. The topological polar surface area (TPSA) is 71.8 Å². The molecule has 1 fully saturated rings. The van der Waals surface area contributed by atoms with Gasteiger partial charge in [0.2, 0.25) is 11.5 Å². The summed E-state index contributed by atoms with van der Waals surface area (Å²) in [5.41, 5.74) is -1.28. The predicted molar refractivity (Wildman–Crippen MR) is 92.4 cm³/mol. The number of piperidine rings is 1. The average molecular weight is 342 g/mol. The van der Waals surface area contributed by atoms with E-state index in [0.717, 1.165) is 0 Å². The Labute approximate surface area is 146 Å². The minimum Gasteiger partial charge on any atom is -0.478 e. The van der Waals surface area contributed by atoms with E-state index in [1.54, 1.807) is 17.0 Å². The van der Waals surface area contributed by atoms with Crippen LogP contribution in [0.4, 0.5) is 0 Å². The van der Waals surface area contributed by atoms with Crippen LogP contribution in [-0.4, -0.2) is 45.1 Å². The van der Waals surface area contributed by atoms with Gasteiger partial charge in [-0.15, -0.1) is 0 Å². The second kappa shape index (κ2) is 7.01. The third-order valence-corrected chi connectivity index (χ3v) is 4.76. The molecule has 0 aliphatic carbocycles. The number of carbonyl (C=O) groups is 2. The molecule has 1 aliphatic rings. The van der Waals surface area contributed by atoms with Crippen molar-refractivity contribution < 1.29 is 19.4 Å². The molecule has 0 bridgehead atoms. The average Bonchev–Trinajstić information content (AvgIpc) is 3.16. The molecular formula is C19H22N2O4. The molecule has 25 heavy (non-hydrogen) atoms. The maximum absolute atomic E-state index is 12.7. The Hall–Kier alpha value is -2.76. The molecule has 1 atom stereocenters. The summed E-state index contributed by atoms with van der Waals surface area (Å²) >= 11 is 0. The van der Waals surface area contributed by atoms with Crippen LogP contribution in [0.15, 0.2) is 54.9 Å². The van der Waals surface area contributed by atoms with E-state index in [4.69, 9.17) is 4.74 Å². The van der Waals surface area contributed by atoms with E-state index < -0.39 is 11.6 Å². The lowest BCUT2D eigenvalue weighted by Gasteiger charge is -2.39. The Morgan fingerprint density at radius 2 is 1.68 bits per heavy atom. The van der Waals surface area contributed by atoms with Crippen molar-refractivity contribution in [1.29, 1.82) is 0 Å². The normalized spacial score (nSPS) is 17.7. The summed E-state index contributed by atoms with van der Waals surface area (Å²) in [5.74, 6) is -0.456. The number of carboxylic acid groups (broad SMARTS) is 1. The van der Waals surface area contributed by atoms with Crippen LogP contribution in [0, 0.1) is 0 Å². The highest BCUT2D eigenvalue weighted by atomic mass is 16.5. The van der Waals surface area contributed by atoms with Gasteiger partial charge < -0.3 is 19.3 Å². The molecule has 0 saturated carbocycles. The number of amides is 1. The standard InChI is InChI=1S/C19H22N2O4/c1-15(20-11-5-6-12-20)17(22)21-13-9-19(10-14-21,18(23)24)25-16-7-3-2-4-8-16/h2-8,11-12,15H,9-10,13-14H2,1H3,(H,23,24). The van der Waals surface area contributed by atoms with Crippen LogP contribution in [0.2, 0.25) is 0 Å². The Balaban J connectivity index is 1.68. The number of para-hydroxylation sites is 1. The fraction of sp³-hybridized carbons (Fsp3) is 0.368. The number of aromatic nitrogens is 1. The lowest BCUT2D eigenvalue weighted by atomic mass is 9.90. The first-order valence-corrected chi connectivity index (χ1v) is 8.40. The molecule has 6 nitrogen and oxygen atoms in total. The molecule has 1 aromatic heterocycles. The van der Waals surface area contributed by atoms with Crippen molar-refractivity contribution in [2.24, 2.45) is 0 Å². The molecule has 1 amide bonds. The van der Waals surface area contributed by atoms with Crippen molar-refractivity contribution in [3.8, 4) is 5.75 Å². The van der Waals surface area contributed by atoms with Crippen LogP contribution in [0.1, 0.15) is 25.8 Å². The molecule has 3 rings (SSSR count). The summed E-state index contributed by atoms with van der Waals surface area (Å²) in [6.45, 7) is 2.58. The predicted octanol–water partition coefficient (Wildman–Crippen LogP) is 2.57. The van der Waals surface area contributed by atoms with Gasteiger partial charge in [0, 0.05) is 38.3 Å². The summed E-state index contributed by atoms with van der Waals surface area (Å²) in [6, 6.07) is 12.4. The first-order valence-electron chi connectivity index (χ1n) is 8.40. The van der Waals surface area contributed by atoms with Gasteiger partial charge in [-0.25, -0.2) is 4.79 Å². The Morgan fingerprint density at radius 3 is 2.24 bits per heavy atom. The summed E-state index contributed by atoms with van der Waals surface area (Å²) < 4.78 is 7.67. The smallest absolute Gasteiger partial charge is 0.348 e. The number of ether oxygens (including phenoxy) is 1. The minimum atomic E-state index is -1.28. The minimum absolute atomic E-state index is 0.00472. The highest BCUT2D eigenvalue weighted by Gasteiger charge is 2.45. The lowest BCUT2D eigenvalue weighted by molar-refractivity contribution is -0.162. The third kappa shape index (κ3) is 3.52. The molecule has 0 radical (unpaired) electrons. The van der Waals surface area contributed by atoms with Gasteiger partial charge in [-0.1, -0.05) is 18.2 Å². The number of carboxylic acids is 1. The number of likely N-dealkylation sites (tertiary alicyclic amines) is 1. The van der Waals surface area contributed by atoms with E-state index in [2.05, 4.69) is 0 Å². The van der Waals surface area contributed by atoms with Gasteiger partial charge >= 0.3 is 5.97 Å². The molecule has 2 heterocycles. The van der Waals surface area contributed by atoms with Crippen molar-refractivity contribution in [3.63, 3.8) is 0 Å². The summed E-state index contributed by atoms with van der Waals surface area (Å²) in [6.07, 6.45) is 4.24. The van der Waals surface area contributed by atoms with Gasteiger partial charge in [0.25, 0.3) is 0 Å². The Kier molecular flexibility index (Phi) is 4.79. The first-order chi connectivity index (χ1) is 12.0. The van der Waals surface area contributed by atoms with E-state index >= 15 is 0 Å². The second-order valence-electron chi connectivity index (χ2n) is 6.35. The third-order valence-electron chi connectivity index (χ3n) is 4.76. The van der Waals surface area contributed by atoms with Gasteiger partial charge in [-0.2, -0.15) is 0 Å². The van der Waals surface area contributed by atoms with Crippen molar-refractivity contribution in [2.45, 2.75) is 31.4 Å². The number of hydrogen-bond donors (Lipinski definition) is 1. The van der Waals surface area contributed by atoms with E-state index in [0.29, 0.717) is 18.8 Å². The molecule has 1 unspecified atom stereocenters. The van der Waals surface area contributed by atoms with E-state index in [-0.39, 0.29) is 24.8 Å². The maximum atomic E-state index is 12.7. The van der Waals surface area contributed by atoms with Crippen molar-refractivity contribution >= 4 is 11.9 Å². The first kappa shape index (κ1) is 17.1. The Bertz CT molecular complexity index is 719. The van der Waals surface area contributed by atoms with Crippen molar-refractivity contribution in [1.82, 2.24) is 9.47 Å². The van der Waals surface area contributed by atoms with Gasteiger partial charge in [0.15, 0.2) is 0 Å². The number of aliphatic carboxylic acids is 1. The molecule has 6 heteroatoms. The molecule has 132 valence electrons. The number of hydrogen-bond acceptors (Lipinski definition) is 3. The summed E-state index contributed by atoms with van der Waals surface area (Å²) in [5, 5.41) is 9.70. The number of carbonyl (C=O) groups excluding carboxylic acids is 1. The van der Waals surface area contributed by atoms with E-state index in [1.807, 2.05) is 54.2 Å². The van der Waals surface area contributed by atoms with Gasteiger partial charge in [-0.05, 0) is 31.2 Å². The zero-order valence-corrected chi connectivity index (χ0v) is 14.2. The highest BCUT2D eigenvalue weighted by Crippen LogP contribution is 2.30. The fourth-order valence-electron chi connectivity index (χ4n) is 3.16. The molecule has 2 aromatic rings. The molecular weight excluding hydrogens is 320 g/mol. The van der Waals surface area contributed by atoms with Crippen molar-refractivity contribution in [2.75, 3.05) is 13.1 Å². The summed E-state index contributed by atoms with van der Waals surface area (Å²) in [4.78, 5) is 26.2. The molecule has 0 spiro atoms. The van der Waals surface area contributed by atoms with Crippen LogP contribution in [0.3, 0.4) is 0 Å². The van der Waals surface area contributed by atoms with Crippen LogP contribution in [-0.2, 0) is 9.59 Å². The van der Waals surface area contributed by atoms with Crippen molar-refractivity contribution in [3.05, 3.63) is 54.9 Å². The molecule has 1 aromatic carbocycles. The number of benzene rings is 1. The van der Waals surface area contributed by atoms with Crippen LogP contribution in [0.5, 0.6) is 5.75 Å². The van der Waals surface area contributed by atoms with Gasteiger partial charge in [-0.3, -0.25) is 4.79 Å². The lowest BCUT2D eigenvalue weighted by Crippen LogP contribution is -2.55. The zero-order valence-electron chi connectivity index (χ0n) is 14.2. The molecule has 1 saturated heterocycles. The number of nitrogens with zero attached hydrogens (tertiary/aromatic N) is 2. The largest absolute Gasteiger partial charge is 0.478 e. The second-order valence-corrected chi connectivity index (χ2v) is 6.35. The zero-order chi connectivity index (χ0) is 17.9. The van der Waals surface area contributed by atoms with Crippen LogP contribution >= 0.6 is 0 Å². The molecule has 1 N–H and O–H groups in total. The SMILES string of the molecule is CC(C(=O)N1CCC(Oc2ccccc2)(C(=O)O)CC1)n1cccc1. The quantitative estimate of drug-likeness (QED) is 0.906. The highest BCUT2D eigenvalue weighted by molar-refractivity contribution is 5.82. The van der Waals surface area contributed by atoms with E-state index in [1.165, 1.54) is 0 Å². The monoisotopic (exact) mass is 342 g/mol. The van der Waals surface area contributed by atoms with Crippen LogP contribution in [0.25, 0.3) is 0 Å². The fourth-order valence-corrected chi connectivity index (χ4v) is 3.16. The van der Waals surface area contributed by atoms with E-state index in [9.17, 15) is 14.7 Å². The molecule has 1 aliphatic heterocycles. The van der Waals surface area contributed by atoms with Crippen LogP contribution < -0.4 is 4.74 Å². The van der Waals surface area contributed by atoms with Gasteiger partial charge in [0.05, 0.1) is 0 Å². The maximum Gasteiger partial charge on any atom is 0.348 e. The summed E-state index contributed by atoms with van der Waals surface area (Å²) in [7, 11) is 0. The Morgan fingerprint density at radius 1 is 1.08 bits per heavy atom.